The Hall–Kier alpha value is -5.22. The minimum atomic E-state index is -1.02. The number of rotatable bonds is 12. The third-order valence-electron chi connectivity index (χ3n) is 9.91. The normalized spacial score (nSPS) is 11.9. The predicted molar refractivity (Wildman–Crippen MR) is 203 cm³/mol. The van der Waals surface area contributed by atoms with Crippen molar-refractivity contribution in [3.8, 4) is 17.2 Å². The SMILES string of the molecule is CC(C)(c1ccccc1)c1ccc(OB(Oc2ccc(C(C)(C)c3ccccc3)cc2)Oc2ccc(C(C)(C)c3ccccc3)cc2)cc1. The van der Waals surface area contributed by atoms with Gasteiger partial charge in [-0.3, -0.25) is 0 Å². The Kier molecular flexibility index (Phi) is 9.69. The van der Waals surface area contributed by atoms with Crippen molar-refractivity contribution in [2.45, 2.75) is 57.8 Å². The van der Waals surface area contributed by atoms with Crippen LogP contribution in [0, 0.1) is 0 Å². The van der Waals surface area contributed by atoms with Crippen molar-refractivity contribution in [2.24, 2.45) is 0 Å². The van der Waals surface area contributed by atoms with E-state index in [1.54, 1.807) is 0 Å². The minimum absolute atomic E-state index is 0.156. The molecule has 6 rings (SSSR count). The summed E-state index contributed by atoms with van der Waals surface area (Å²) in [5.74, 6) is 1.96. The molecule has 0 N–H and O–H groups in total. The van der Waals surface area contributed by atoms with E-state index in [-0.39, 0.29) is 16.2 Å². The molecule has 3 nitrogen and oxygen atoms in total. The Morgan fingerprint density at radius 3 is 0.714 bits per heavy atom. The zero-order chi connectivity index (χ0) is 34.5. The Morgan fingerprint density at radius 1 is 0.286 bits per heavy atom. The molecule has 6 aromatic carbocycles. The zero-order valence-electron chi connectivity index (χ0n) is 29.4. The summed E-state index contributed by atoms with van der Waals surface area (Å²) in [4.78, 5) is 0. The second kappa shape index (κ2) is 14.1. The van der Waals surface area contributed by atoms with Gasteiger partial charge in [-0.25, -0.2) is 0 Å². The van der Waals surface area contributed by atoms with Crippen LogP contribution in [-0.4, -0.2) is 7.32 Å². The topological polar surface area (TPSA) is 27.7 Å². The van der Waals surface area contributed by atoms with Crippen molar-refractivity contribution in [2.75, 3.05) is 0 Å². The van der Waals surface area contributed by atoms with Crippen molar-refractivity contribution in [3.05, 3.63) is 197 Å². The molecular formula is C45H45BO3. The Balaban J connectivity index is 1.24. The van der Waals surface area contributed by atoms with Crippen LogP contribution in [0.2, 0.25) is 0 Å². The molecule has 246 valence electrons. The number of hydrogen-bond acceptors (Lipinski definition) is 3. The first kappa shape index (κ1) is 33.7. The van der Waals surface area contributed by atoms with Crippen LogP contribution < -0.4 is 14.0 Å². The maximum Gasteiger partial charge on any atom is 0.864 e. The van der Waals surface area contributed by atoms with Gasteiger partial charge in [0, 0.05) is 16.2 Å². The lowest BCUT2D eigenvalue weighted by Crippen LogP contribution is -2.37. The highest BCUT2D eigenvalue weighted by molar-refractivity contribution is 6.39. The summed E-state index contributed by atoms with van der Waals surface area (Å²) in [6, 6.07) is 56.2. The predicted octanol–water partition coefficient (Wildman–Crippen LogP) is 11.2. The number of benzene rings is 6. The molecule has 6 aromatic rings. The van der Waals surface area contributed by atoms with Gasteiger partial charge in [0.15, 0.2) is 0 Å². The summed E-state index contributed by atoms with van der Waals surface area (Å²) in [6.45, 7) is 13.4. The monoisotopic (exact) mass is 644 g/mol. The van der Waals surface area contributed by atoms with E-state index >= 15 is 0 Å². The lowest BCUT2D eigenvalue weighted by atomic mass is 9.78. The first-order valence-corrected chi connectivity index (χ1v) is 17.0. The van der Waals surface area contributed by atoms with Crippen molar-refractivity contribution in [3.63, 3.8) is 0 Å². The smallest absolute Gasteiger partial charge is 0.490 e. The third-order valence-corrected chi connectivity index (χ3v) is 9.91. The van der Waals surface area contributed by atoms with Crippen molar-refractivity contribution in [1.82, 2.24) is 0 Å². The Morgan fingerprint density at radius 2 is 0.490 bits per heavy atom. The van der Waals surface area contributed by atoms with E-state index in [0.29, 0.717) is 17.2 Å². The molecule has 49 heavy (non-hydrogen) atoms. The van der Waals surface area contributed by atoms with Gasteiger partial charge in [0.1, 0.15) is 17.2 Å². The molecule has 0 aromatic heterocycles. The van der Waals surface area contributed by atoms with Gasteiger partial charge in [-0.2, -0.15) is 0 Å². The van der Waals surface area contributed by atoms with Crippen molar-refractivity contribution >= 4 is 7.32 Å². The summed E-state index contributed by atoms with van der Waals surface area (Å²) in [6.07, 6.45) is 0. The lowest BCUT2D eigenvalue weighted by molar-refractivity contribution is 0.307. The van der Waals surface area contributed by atoms with Gasteiger partial charge in [0.05, 0.1) is 0 Å². The maximum absolute atomic E-state index is 6.38. The molecule has 0 fully saturated rings. The molecular weight excluding hydrogens is 599 g/mol. The fraction of sp³-hybridized carbons (Fsp3) is 0.200. The molecule has 0 aliphatic carbocycles. The molecule has 0 radical (unpaired) electrons. The van der Waals surface area contributed by atoms with Crippen LogP contribution in [0.5, 0.6) is 17.2 Å². The lowest BCUT2D eigenvalue weighted by Gasteiger charge is -2.27. The minimum Gasteiger partial charge on any atom is -0.490 e. The van der Waals surface area contributed by atoms with E-state index in [0.717, 1.165) is 0 Å². The molecule has 0 atom stereocenters. The van der Waals surface area contributed by atoms with E-state index in [1.807, 2.05) is 54.6 Å². The quantitative estimate of drug-likeness (QED) is 0.124. The summed E-state index contributed by atoms with van der Waals surface area (Å²) in [7, 11) is -1.02. The van der Waals surface area contributed by atoms with Gasteiger partial charge >= 0.3 is 7.32 Å². The van der Waals surface area contributed by atoms with Crippen LogP contribution in [-0.2, 0) is 16.2 Å². The van der Waals surface area contributed by atoms with Gasteiger partial charge in [-0.15, -0.1) is 0 Å². The van der Waals surface area contributed by atoms with Gasteiger partial charge in [0.25, 0.3) is 0 Å². The van der Waals surface area contributed by atoms with E-state index in [1.165, 1.54) is 33.4 Å². The summed E-state index contributed by atoms with van der Waals surface area (Å²) < 4.78 is 19.2. The van der Waals surface area contributed by atoms with Crippen LogP contribution in [0.25, 0.3) is 0 Å². The van der Waals surface area contributed by atoms with E-state index < -0.39 is 7.32 Å². The van der Waals surface area contributed by atoms with E-state index in [2.05, 4.69) is 151 Å². The molecule has 0 heterocycles. The second-order valence-corrected chi connectivity index (χ2v) is 14.2. The summed E-state index contributed by atoms with van der Waals surface area (Å²) in [5.41, 5.74) is 6.88. The van der Waals surface area contributed by atoms with Crippen LogP contribution >= 0.6 is 0 Å². The van der Waals surface area contributed by atoms with Crippen molar-refractivity contribution < 1.29 is 14.0 Å². The standard InChI is InChI=1S/C45H45BO3/c1-43(2,34-16-10-7-11-17-34)37-22-28-40(29-23-37)47-46(48-41-30-24-38(25-31-41)44(3,4)35-18-12-8-13-19-35)49-42-32-26-39(27-33-42)45(5,6)36-20-14-9-15-21-36/h7-33H,1-6H3. The average Bonchev–Trinajstić information content (AvgIpc) is 3.13. The molecule has 0 aliphatic rings. The van der Waals surface area contributed by atoms with Gasteiger partial charge in [-0.1, -0.05) is 169 Å². The van der Waals surface area contributed by atoms with Crippen LogP contribution in [0.1, 0.15) is 74.9 Å². The summed E-state index contributed by atoms with van der Waals surface area (Å²) >= 11 is 0. The van der Waals surface area contributed by atoms with Gasteiger partial charge < -0.3 is 14.0 Å². The first-order valence-electron chi connectivity index (χ1n) is 17.0. The molecule has 0 saturated carbocycles. The van der Waals surface area contributed by atoms with Gasteiger partial charge in [0.2, 0.25) is 0 Å². The van der Waals surface area contributed by atoms with Crippen LogP contribution in [0.15, 0.2) is 164 Å². The highest BCUT2D eigenvalue weighted by Crippen LogP contribution is 2.35. The fourth-order valence-electron chi connectivity index (χ4n) is 6.32. The Labute approximate surface area is 292 Å². The molecule has 0 spiro atoms. The van der Waals surface area contributed by atoms with Crippen molar-refractivity contribution in [1.29, 1.82) is 0 Å². The maximum atomic E-state index is 6.38. The first-order chi connectivity index (χ1) is 23.5. The highest BCUT2D eigenvalue weighted by atomic mass is 16.7. The van der Waals surface area contributed by atoms with E-state index in [4.69, 9.17) is 14.0 Å². The molecule has 0 unspecified atom stereocenters. The third kappa shape index (κ3) is 7.60. The Bertz CT molecular complexity index is 1690. The van der Waals surface area contributed by atoms with Crippen LogP contribution in [0.4, 0.5) is 0 Å². The molecule has 4 heteroatoms. The highest BCUT2D eigenvalue weighted by Gasteiger charge is 2.32. The van der Waals surface area contributed by atoms with E-state index in [9.17, 15) is 0 Å². The fourth-order valence-corrected chi connectivity index (χ4v) is 6.32. The second-order valence-electron chi connectivity index (χ2n) is 14.2. The largest absolute Gasteiger partial charge is 0.864 e. The number of hydrogen-bond donors (Lipinski definition) is 0. The zero-order valence-corrected chi connectivity index (χ0v) is 29.4. The van der Waals surface area contributed by atoms with Crippen LogP contribution in [0.3, 0.4) is 0 Å². The average molecular weight is 645 g/mol. The molecule has 0 aliphatic heterocycles. The molecule has 0 saturated heterocycles. The summed E-state index contributed by atoms with van der Waals surface area (Å²) in [5, 5.41) is 0. The molecule has 0 bridgehead atoms. The van der Waals surface area contributed by atoms with Gasteiger partial charge in [-0.05, 0) is 69.8 Å². The molecule has 0 amide bonds.